The van der Waals surface area contributed by atoms with Crippen LogP contribution in [0, 0.1) is 11.6 Å². The van der Waals surface area contributed by atoms with Gasteiger partial charge >= 0.3 is 11.9 Å². The van der Waals surface area contributed by atoms with Crippen molar-refractivity contribution in [2.75, 3.05) is 11.9 Å². The maximum atomic E-state index is 13.2. The van der Waals surface area contributed by atoms with Gasteiger partial charge in [-0.15, -0.1) is 11.3 Å². The molecule has 2 heterocycles. The van der Waals surface area contributed by atoms with Crippen LogP contribution in [0.3, 0.4) is 0 Å². The van der Waals surface area contributed by atoms with Crippen LogP contribution in [0.15, 0.2) is 23.6 Å². The summed E-state index contributed by atoms with van der Waals surface area (Å²) in [7, 11) is 0. The van der Waals surface area contributed by atoms with Crippen molar-refractivity contribution in [1.82, 2.24) is 4.98 Å². The quantitative estimate of drug-likeness (QED) is 0.766. The molecule has 0 saturated carbocycles. The second-order valence-corrected chi connectivity index (χ2v) is 6.61. The van der Waals surface area contributed by atoms with Crippen molar-refractivity contribution in [3.8, 4) is 0 Å². The Morgan fingerprint density at radius 1 is 1.35 bits per heavy atom. The minimum atomic E-state index is -0.716. The van der Waals surface area contributed by atoms with E-state index in [1.54, 1.807) is 0 Å². The van der Waals surface area contributed by atoms with E-state index < -0.39 is 17.6 Å². The SMILES string of the molecule is O=C1CCCC(CCOC(=O)c2csc(Nc3cc(F)cc(F)c3)n2)O1. The lowest BCUT2D eigenvalue weighted by Crippen LogP contribution is -2.25. The van der Waals surface area contributed by atoms with E-state index in [1.807, 2.05) is 0 Å². The molecule has 1 saturated heterocycles. The number of hydrogen-bond acceptors (Lipinski definition) is 7. The molecule has 1 N–H and O–H groups in total. The average molecular weight is 382 g/mol. The van der Waals surface area contributed by atoms with Gasteiger partial charge in [-0.3, -0.25) is 4.79 Å². The number of carbonyl (C=O) groups is 2. The highest BCUT2D eigenvalue weighted by molar-refractivity contribution is 7.14. The Labute approximate surface area is 152 Å². The van der Waals surface area contributed by atoms with Crippen molar-refractivity contribution in [2.24, 2.45) is 0 Å². The molecule has 3 rings (SSSR count). The summed E-state index contributed by atoms with van der Waals surface area (Å²) >= 11 is 1.11. The van der Waals surface area contributed by atoms with Crippen molar-refractivity contribution < 1.29 is 27.8 Å². The summed E-state index contributed by atoms with van der Waals surface area (Å²) in [5, 5.41) is 4.53. The summed E-state index contributed by atoms with van der Waals surface area (Å²) in [6.07, 6.45) is 2.19. The van der Waals surface area contributed by atoms with E-state index in [0.717, 1.165) is 42.4 Å². The largest absolute Gasteiger partial charge is 0.462 e. The van der Waals surface area contributed by atoms with Crippen LogP contribution in [0.2, 0.25) is 0 Å². The first-order valence-corrected chi connectivity index (χ1v) is 8.93. The highest BCUT2D eigenvalue weighted by atomic mass is 32.1. The third-order valence-corrected chi connectivity index (χ3v) is 4.46. The monoisotopic (exact) mass is 382 g/mol. The molecule has 0 radical (unpaired) electrons. The van der Waals surface area contributed by atoms with Crippen LogP contribution in [0.4, 0.5) is 19.6 Å². The molecule has 138 valence electrons. The molecule has 6 nitrogen and oxygen atoms in total. The van der Waals surface area contributed by atoms with Gasteiger partial charge in [0.25, 0.3) is 0 Å². The van der Waals surface area contributed by atoms with Gasteiger partial charge in [-0.25, -0.2) is 18.6 Å². The molecular weight excluding hydrogens is 366 g/mol. The standard InChI is InChI=1S/C17H16F2N2O4S/c18-10-6-11(19)8-12(7-10)20-17-21-14(9-26-17)16(23)24-5-4-13-2-1-3-15(22)25-13/h6-9,13H,1-5H2,(H,20,21). The molecule has 1 aromatic carbocycles. The fraction of sp³-hybridized carbons (Fsp3) is 0.353. The minimum Gasteiger partial charge on any atom is -0.462 e. The van der Waals surface area contributed by atoms with E-state index in [1.165, 1.54) is 5.38 Å². The Morgan fingerprint density at radius 2 is 2.12 bits per heavy atom. The number of nitrogens with one attached hydrogen (secondary N) is 1. The first-order chi connectivity index (χ1) is 12.5. The number of nitrogens with zero attached hydrogens (tertiary/aromatic N) is 1. The van der Waals surface area contributed by atoms with Gasteiger partial charge in [-0.05, 0) is 25.0 Å². The van der Waals surface area contributed by atoms with Gasteiger partial charge in [0.05, 0.1) is 6.61 Å². The predicted octanol–water partition coefficient (Wildman–Crippen LogP) is 3.81. The molecule has 0 spiro atoms. The van der Waals surface area contributed by atoms with Gasteiger partial charge in [0.2, 0.25) is 0 Å². The van der Waals surface area contributed by atoms with Gasteiger partial charge in [0.15, 0.2) is 10.8 Å². The zero-order valence-corrected chi connectivity index (χ0v) is 14.5. The van der Waals surface area contributed by atoms with Crippen molar-refractivity contribution in [1.29, 1.82) is 0 Å². The third kappa shape index (κ3) is 4.98. The summed E-state index contributed by atoms with van der Waals surface area (Å²) < 4.78 is 36.6. The smallest absolute Gasteiger partial charge is 0.357 e. The van der Waals surface area contributed by atoms with E-state index in [0.29, 0.717) is 18.0 Å². The van der Waals surface area contributed by atoms with Crippen LogP contribution in [0.25, 0.3) is 0 Å². The highest BCUT2D eigenvalue weighted by Crippen LogP contribution is 2.23. The molecule has 1 unspecified atom stereocenters. The molecule has 0 aliphatic carbocycles. The molecule has 1 atom stereocenters. The summed E-state index contributed by atoms with van der Waals surface area (Å²) in [5.74, 6) is -2.27. The van der Waals surface area contributed by atoms with Gasteiger partial charge in [0, 0.05) is 30.0 Å². The zero-order valence-electron chi connectivity index (χ0n) is 13.7. The Bertz CT molecular complexity index is 792. The number of cyclic esters (lactones) is 1. The Hall–Kier alpha value is -2.55. The van der Waals surface area contributed by atoms with Crippen molar-refractivity contribution in [3.05, 3.63) is 40.9 Å². The number of thiazole rings is 1. The van der Waals surface area contributed by atoms with Crippen LogP contribution >= 0.6 is 11.3 Å². The number of hydrogen-bond donors (Lipinski definition) is 1. The number of carbonyl (C=O) groups excluding carboxylic acids is 2. The number of halogens is 2. The Morgan fingerprint density at radius 3 is 2.85 bits per heavy atom. The Balaban J connectivity index is 1.50. The highest BCUT2D eigenvalue weighted by Gasteiger charge is 2.21. The van der Waals surface area contributed by atoms with E-state index in [4.69, 9.17) is 9.47 Å². The number of esters is 2. The minimum absolute atomic E-state index is 0.0926. The molecule has 26 heavy (non-hydrogen) atoms. The van der Waals surface area contributed by atoms with Gasteiger partial charge in [-0.1, -0.05) is 0 Å². The topological polar surface area (TPSA) is 77.5 Å². The third-order valence-electron chi connectivity index (χ3n) is 3.71. The summed E-state index contributed by atoms with van der Waals surface area (Å²) in [6.45, 7) is 0.117. The molecule has 2 aromatic rings. The molecule has 9 heteroatoms. The van der Waals surface area contributed by atoms with Crippen LogP contribution < -0.4 is 5.32 Å². The molecular formula is C17H16F2N2O4S. The van der Waals surface area contributed by atoms with E-state index in [-0.39, 0.29) is 30.1 Å². The van der Waals surface area contributed by atoms with Crippen LogP contribution in [-0.2, 0) is 14.3 Å². The zero-order chi connectivity index (χ0) is 18.5. The fourth-order valence-corrected chi connectivity index (χ4v) is 3.21. The number of ether oxygens (including phenoxy) is 2. The first-order valence-electron chi connectivity index (χ1n) is 8.05. The first kappa shape index (κ1) is 18.2. The number of aromatic nitrogens is 1. The second kappa shape index (κ2) is 8.22. The lowest BCUT2D eigenvalue weighted by molar-refractivity contribution is -0.154. The number of benzene rings is 1. The Kier molecular flexibility index (Phi) is 5.77. The van der Waals surface area contributed by atoms with Gasteiger partial charge in [0.1, 0.15) is 17.7 Å². The maximum Gasteiger partial charge on any atom is 0.357 e. The fourth-order valence-electron chi connectivity index (χ4n) is 2.51. The molecule has 0 bridgehead atoms. The van der Waals surface area contributed by atoms with E-state index in [2.05, 4.69) is 10.3 Å². The van der Waals surface area contributed by atoms with Crippen LogP contribution in [0.5, 0.6) is 0 Å². The molecule has 1 aliphatic rings. The molecule has 1 fully saturated rings. The van der Waals surface area contributed by atoms with Gasteiger partial charge < -0.3 is 14.8 Å². The summed E-state index contributed by atoms with van der Waals surface area (Å²) in [4.78, 5) is 27.2. The van der Waals surface area contributed by atoms with E-state index >= 15 is 0 Å². The van der Waals surface area contributed by atoms with E-state index in [9.17, 15) is 18.4 Å². The molecule has 1 aromatic heterocycles. The number of rotatable bonds is 6. The summed E-state index contributed by atoms with van der Waals surface area (Å²) in [6, 6.07) is 3.00. The van der Waals surface area contributed by atoms with Crippen molar-refractivity contribution >= 4 is 34.1 Å². The normalized spacial score (nSPS) is 16.8. The maximum absolute atomic E-state index is 13.2. The van der Waals surface area contributed by atoms with Crippen LogP contribution in [-0.4, -0.2) is 29.6 Å². The second-order valence-electron chi connectivity index (χ2n) is 5.75. The number of anilines is 2. The van der Waals surface area contributed by atoms with Gasteiger partial charge in [-0.2, -0.15) is 0 Å². The predicted molar refractivity (Wildman–Crippen MR) is 90.4 cm³/mol. The average Bonchev–Trinajstić information content (AvgIpc) is 3.02. The molecule has 0 amide bonds. The molecule has 1 aliphatic heterocycles. The van der Waals surface area contributed by atoms with Crippen LogP contribution in [0.1, 0.15) is 36.2 Å². The lowest BCUT2D eigenvalue weighted by Gasteiger charge is -2.21. The summed E-state index contributed by atoms with van der Waals surface area (Å²) in [5.41, 5.74) is 0.283. The van der Waals surface area contributed by atoms with Crippen molar-refractivity contribution in [2.45, 2.75) is 31.8 Å². The lowest BCUT2D eigenvalue weighted by atomic mass is 10.1. The van der Waals surface area contributed by atoms with Crippen molar-refractivity contribution in [3.63, 3.8) is 0 Å².